The fraction of sp³-hybridized carbons (Fsp3) is 0.357. The lowest BCUT2D eigenvalue weighted by molar-refractivity contribution is 0.619. The van der Waals surface area contributed by atoms with Crippen LogP contribution >= 0.6 is 0 Å². The molecule has 0 bridgehead atoms. The summed E-state index contributed by atoms with van der Waals surface area (Å²) in [4.78, 5) is 4.53. The molecular formula is C14H16N2. The molecule has 2 aromatic rings. The monoisotopic (exact) mass is 212 g/mol. The van der Waals surface area contributed by atoms with Crippen LogP contribution < -0.4 is 0 Å². The molecule has 1 fully saturated rings. The fourth-order valence-electron chi connectivity index (χ4n) is 2.07. The third-order valence-electron chi connectivity index (χ3n) is 3.22. The van der Waals surface area contributed by atoms with Gasteiger partial charge in [0.05, 0.1) is 0 Å². The van der Waals surface area contributed by atoms with Gasteiger partial charge in [-0.15, -0.1) is 0 Å². The Morgan fingerprint density at radius 3 is 2.69 bits per heavy atom. The Hall–Kier alpha value is -1.57. The van der Waals surface area contributed by atoms with Crippen molar-refractivity contribution in [3.63, 3.8) is 0 Å². The van der Waals surface area contributed by atoms with E-state index in [2.05, 4.69) is 40.7 Å². The second-order valence-electron chi connectivity index (χ2n) is 4.64. The molecule has 1 saturated carbocycles. The molecule has 0 N–H and O–H groups in total. The first-order valence-electron chi connectivity index (χ1n) is 5.92. The van der Waals surface area contributed by atoms with Crippen LogP contribution in [0.5, 0.6) is 0 Å². The van der Waals surface area contributed by atoms with Gasteiger partial charge in [0.15, 0.2) is 0 Å². The molecule has 1 heterocycles. The van der Waals surface area contributed by atoms with E-state index in [4.69, 9.17) is 0 Å². The maximum absolute atomic E-state index is 4.53. The zero-order valence-corrected chi connectivity index (χ0v) is 9.56. The highest BCUT2D eigenvalue weighted by Gasteiger charge is 2.23. The molecule has 2 heteroatoms. The predicted octanol–water partition coefficient (Wildman–Crippen LogP) is 3.27. The molecule has 0 unspecified atom stereocenters. The zero-order chi connectivity index (χ0) is 11.0. The molecule has 0 amide bonds. The van der Waals surface area contributed by atoms with Crippen molar-refractivity contribution < 1.29 is 0 Å². The maximum Gasteiger partial charge on any atom is 0.140 e. The van der Waals surface area contributed by atoms with Gasteiger partial charge in [0.2, 0.25) is 0 Å². The quantitative estimate of drug-likeness (QED) is 0.763. The van der Waals surface area contributed by atoms with Crippen LogP contribution in [0.15, 0.2) is 36.5 Å². The molecule has 2 nitrogen and oxygen atoms in total. The Labute approximate surface area is 95.9 Å². The van der Waals surface area contributed by atoms with E-state index in [0.717, 1.165) is 18.3 Å². The highest BCUT2D eigenvalue weighted by Crippen LogP contribution is 2.32. The van der Waals surface area contributed by atoms with Gasteiger partial charge in [-0.2, -0.15) is 0 Å². The molecular weight excluding hydrogens is 196 g/mol. The van der Waals surface area contributed by atoms with Crippen molar-refractivity contribution in [1.29, 1.82) is 0 Å². The number of aryl methyl sites for hydroxylation is 1. The Balaban J connectivity index is 2.00. The van der Waals surface area contributed by atoms with Crippen LogP contribution in [0, 0.1) is 12.8 Å². The number of benzene rings is 1. The van der Waals surface area contributed by atoms with Gasteiger partial charge in [-0.1, -0.05) is 30.3 Å². The minimum atomic E-state index is 0.885. The number of nitrogens with zero attached hydrogens (tertiary/aromatic N) is 2. The Morgan fingerprint density at radius 2 is 2.00 bits per heavy atom. The van der Waals surface area contributed by atoms with E-state index in [1.807, 2.05) is 12.3 Å². The molecule has 0 saturated heterocycles. The Kier molecular flexibility index (Phi) is 2.28. The molecule has 1 aromatic carbocycles. The number of rotatable bonds is 3. The van der Waals surface area contributed by atoms with Crippen molar-refractivity contribution in [2.75, 3.05) is 0 Å². The minimum absolute atomic E-state index is 0.885. The average molecular weight is 212 g/mol. The van der Waals surface area contributed by atoms with E-state index in [1.54, 1.807) is 0 Å². The molecule has 3 rings (SSSR count). The normalized spacial score (nSPS) is 15.3. The molecule has 16 heavy (non-hydrogen) atoms. The second-order valence-corrected chi connectivity index (χ2v) is 4.64. The topological polar surface area (TPSA) is 17.8 Å². The summed E-state index contributed by atoms with van der Waals surface area (Å²) in [5.41, 5.74) is 2.49. The summed E-state index contributed by atoms with van der Waals surface area (Å²) in [5.74, 6) is 2.00. The third kappa shape index (κ3) is 1.75. The van der Waals surface area contributed by atoms with Crippen LogP contribution in [0.25, 0.3) is 11.4 Å². The Bertz CT molecular complexity index is 481. The van der Waals surface area contributed by atoms with E-state index in [9.17, 15) is 0 Å². The molecule has 1 aliphatic carbocycles. The van der Waals surface area contributed by atoms with Crippen LogP contribution in [0.1, 0.15) is 18.5 Å². The van der Waals surface area contributed by atoms with E-state index < -0.39 is 0 Å². The van der Waals surface area contributed by atoms with Gasteiger partial charge in [-0.05, 0) is 25.7 Å². The zero-order valence-electron chi connectivity index (χ0n) is 9.56. The van der Waals surface area contributed by atoms with Crippen LogP contribution in [0.4, 0.5) is 0 Å². The minimum Gasteiger partial charge on any atom is -0.328 e. The summed E-state index contributed by atoms with van der Waals surface area (Å²) in [5, 5.41) is 0. The first-order valence-corrected chi connectivity index (χ1v) is 5.92. The maximum atomic E-state index is 4.53. The van der Waals surface area contributed by atoms with Crippen molar-refractivity contribution in [2.45, 2.75) is 26.3 Å². The summed E-state index contributed by atoms with van der Waals surface area (Å²) in [6, 6.07) is 10.4. The molecule has 0 spiro atoms. The third-order valence-corrected chi connectivity index (χ3v) is 3.22. The summed E-state index contributed by atoms with van der Waals surface area (Å²) >= 11 is 0. The molecule has 0 radical (unpaired) electrons. The summed E-state index contributed by atoms with van der Waals surface area (Å²) in [6.45, 7) is 3.28. The molecule has 1 aliphatic rings. The van der Waals surface area contributed by atoms with Gasteiger partial charge < -0.3 is 4.57 Å². The van der Waals surface area contributed by atoms with Crippen molar-refractivity contribution in [3.05, 3.63) is 42.2 Å². The van der Waals surface area contributed by atoms with Crippen LogP contribution in [-0.2, 0) is 6.54 Å². The van der Waals surface area contributed by atoms with Crippen LogP contribution in [-0.4, -0.2) is 9.55 Å². The Morgan fingerprint density at radius 1 is 1.25 bits per heavy atom. The van der Waals surface area contributed by atoms with Crippen molar-refractivity contribution >= 4 is 0 Å². The van der Waals surface area contributed by atoms with Gasteiger partial charge in [0, 0.05) is 24.0 Å². The number of hydrogen-bond donors (Lipinski definition) is 0. The lowest BCUT2D eigenvalue weighted by atomic mass is 10.2. The molecule has 0 atom stereocenters. The van der Waals surface area contributed by atoms with Gasteiger partial charge in [0.25, 0.3) is 0 Å². The van der Waals surface area contributed by atoms with Crippen LogP contribution in [0.2, 0.25) is 0 Å². The summed E-state index contributed by atoms with van der Waals surface area (Å²) in [7, 11) is 0. The molecule has 82 valence electrons. The summed E-state index contributed by atoms with van der Waals surface area (Å²) < 4.78 is 2.35. The lowest BCUT2D eigenvalue weighted by Crippen LogP contribution is -2.04. The number of imidazole rings is 1. The first-order chi connectivity index (χ1) is 7.84. The van der Waals surface area contributed by atoms with Crippen molar-refractivity contribution in [1.82, 2.24) is 9.55 Å². The molecule has 0 aliphatic heterocycles. The average Bonchev–Trinajstić information content (AvgIpc) is 3.06. The first kappa shape index (κ1) is 9.64. The second kappa shape index (κ2) is 3.78. The smallest absolute Gasteiger partial charge is 0.140 e. The van der Waals surface area contributed by atoms with Crippen LogP contribution in [0.3, 0.4) is 0 Å². The largest absolute Gasteiger partial charge is 0.328 e. The highest BCUT2D eigenvalue weighted by molar-refractivity contribution is 5.55. The van der Waals surface area contributed by atoms with Gasteiger partial charge in [0.1, 0.15) is 5.82 Å². The SMILES string of the molecule is Cc1cnc(-c2ccccc2)n1CC1CC1. The van der Waals surface area contributed by atoms with Gasteiger partial charge in [-0.3, -0.25) is 0 Å². The fourth-order valence-corrected chi connectivity index (χ4v) is 2.07. The highest BCUT2D eigenvalue weighted by atomic mass is 15.1. The van der Waals surface area contributed by atoms with Crippen molar-refractivity contribution in [2.24, 2.45) is 5.92 Å². The van der Waals surface area contributed by atoms with E-state index >= 15 is 0 Å². The standard InChI is InChI=1S/C14H16N2/c1-11-9-15-14(13-5-3-2-4-6-13)16(11)10-12-7-8-12/h2-6,9,12H,7-8,10H2,1H3. The predicted molar refractivity (Wildman–Crippen MR) is 65.1 cm³/mol. The molecule has 1 aromatic heterocycles. The van der Waals surface area contributed by atoms with Gasteiger partial charge >= 0.3 is 0 Å². The number of hydrogen-bond acceptors (Lipinski definition) is 1. The van der Waals surface area contributed by atoms with E-state index in [-0.39, 0.29) is 0 Å². The van der Waals surface area contributed by atoms with Gasteiger partial charge in [-0.25, -0.2) is 4.98 Å². The van der Waals surface area contributed by atoms with E-state index in [1.165, 1.54) is 24.1 Å². The summed E-state index contributed by atoms with van der Waals surface area (Å²) in [6.07, 6.45) is 4.74. The lowest BCUT2D eigenvalue weighted by Gasteiger charge is -2.09. The van der Waals surface area contributed by atoms with Crippen molar-refractivity contribution in [3.8, 4) is 11.4 Å². The van der Waals surface area contributed by atoms with E-state index in [0.29, 0.717) is 0 Å². The number of aromatic nitrogens is 2.